The summed E-state index contributed by atoms with van der Waals surface area (Å²) in [5.74, 6) is 0. The number of hydrogen-bond acceptors (Lipinski definition) is 4. The van der Waals surface area contributed by atoms with E-state index in [0.29, 0.717) is 25.1 Å². The molecule has 114 valence electrons. The van der Waals surface area contributed by atoms with Crippen LogP contribution in [0.4, 0.5) is 0 Å². The number of rotatable bonds is 4. The van der Waals surface area contributed by atoms with Gasteiger partial charge in [0.25, 0.3) is 0 Å². The van der Waals surface area contributed by atoms with Crippen LogP contribution in [0.5, 0.6) is 0 Å². The monoisotopic (exact) mass is 302 g/mol. The quantitative estimate of drug-likeness (QED) is 0.860. The largest absolute Gasteiger partial charge is 0.390 e. The van der Waals surface area contributed by atoms with Crippen LogP contribution in [-0.2, 0) is 28.4 Å². The van der Waals surface area contributed by atoms with E-state index in [9.17, 15) is 8.42 Å². The molecule has 2 heterocycles. The van der Waals surface area contributed by atoms with Crippen LogP contribution in [0.25, 0.3) is 0 Å². The zero-order valence-corrected chi connectivity index (χ0v) is 12.9. The Morgan fingerprint density at radius 3 is 2.80 bits per heavy atom. The molecule has 6 nitrogen and oxygen atoms in total. The van der Waals surface area contributed by atoms with Crippen molar-refractivity contribution in [3.8, 4) is 0 Å². The van der Waals surface area contributed by atoms with Crippen molar-refractivity contribution in [1.82, 2.24) is 9.29 Å². The molecule has 0 bridgehead atoms. The van der Waals surface area contributed by atoms with Gasteiger partial charge in [0.15, 0.2) is 0 Å². The van der Waals surface area contributed by atoms with Crippen LogP contribution in [-0.4, -0.2) is 36.3 Å². The van der Waals surface area contributed by atoms with Gasteiger partial charge < -0.3 is 14.4 Å². The maximum atomic E-state index is 12.3. The molecule has 1 fully saturated rings. The normalized spacial score (nSPS) is 22.9. The third kappa shape index (κ3) is 3.41. The Bertz CT molecular complexity index is 577. The van der Waals surface area contributed by atoms with Crippen LogP contribution in [0.15, 0.2) is 17.2 Å². The van der Waals surface area contributed by atoms with Crippen molar-refractivity contribution in [3.63, 3.8) is 0 Å². The Kier molecular flexibility index (Phi) is 4.24. The highest BCUT2D eigenvalue weighted by Gasteiger charge is 2.32. The van der Waals surface area contributed by atoms with Crippen LogP contribution in [0.3, 0.4) is 0 Å². The number of aliphatic hydroxyl groups excluding tert-OH is 1. The number of sulfonamides is 1. The highest BCUT2D eigenvalue weighted by molar-refractivity contribution is 7.89. The molecule has 1 saturated heterocycles. The first-order valence-electron chi connectivity index (χ1n) is 6.66. The van der Waals surface area contributed by atoms with E-state index in [1.807, 2.05) is 13.8 Å². The van der Waals surface area contributed by atoms with E-state index in [1.54, 1.807) is 11.6 Å². The van der Waals surface area contributed by atoms with Crippen LogP contribution in [0, 0.1) is 0 Å². The fourth-order valence-corrected chi connectivity index (χ4v) is 3.87. The smallest absolute Gasteiger partial charge is 0.242 e. The first kappa shape index (κ1) is 15.5. The SMILES string of the molecule is Cn1cc(S(=O)(=O)NC2CCOC(C)(C)C2)cc1CO. The topological polar surface area (TPSA) is 80.6 Å². The molecule has 0 radical (unpaired) electrons. The molecular weight excluding hydrogens is 280 g/mol. The van der Waals surface area contributed by atoms with Gasteiger partial charge in [-0.3, -0.25) is 0 Å². The van der Waals surface area contributed by atoms with Gasteiger partial charge in [0.1, 0.15) is 0 Å². The minimum Gasteiger partial charge on any atom is -0.390 e. The van der Waals surface area contributed by atoms with E-state index in [1.165, 1.54) is 12.3 Å². The lowest BCUT2D eigenvalue weighted by atomic mass is 9.95. The average Bonchev–Trinajstić information content (AvgIpc) is 2.69. The van der Waals surface area contributed by atoms with Crippen LogP contribution >= 0.6 is 0 Å². The molecule has 20 heavy (non-hydrogen) atoms. The van der Waals surface area contributed by atoms with Gasteiger partial charge in [-0.1, -0.05) is 0 Å². The second-order valence-electron chi connectivity index (χ2n) is 5.86. The molecular formula is C13H22N2O4S. The molecule has 2 rings (SSSR count). The van der Waals surface area contributed by atoms with Gasteiger partial charge in [0.2, 0.25) is 10.0 Å². The number of aromatic nitrogens is 1. The molecule has 1 aromatic heterocycles. The Hall–Kier alpha value is -0.890. The Balaban J connectivity index is 2.14. The predicted molar refractivity (Wildman–Crippen MR) is 74.7 cm³/mol. The average molecular weight is 302 g/mol. The molecule has 0 aromatic carbocycles. The lowest BCUT2D eigenvalue weighted by Crippen LogP contribution is -2.45. The molecule has 1 atom stereocenters. The maximum absolute atomic E-state index is 12.3. The number of aryl methyl sites for hydroxylation is 1. The zero-order valence-electron chi connectivity index (χ0n) is 12.1. The van der Waals surface area contributed by atoms with Crippen molar-refractivity contribution < 1.29 is 18.3 Å². The van der Waals surface area contributed by atoms with Gasteiger partial charge in [-0.05, 0) is 32.8 Å². The molecule has 2 N–H and O–H groups in total. The van der Waals surface area contributed by atoms with Crippen molar-refractivity contribution in [2.45, 2.75) is 49.8 Å². The van der Waals surface area contributed by atoms with E-state index in [-0.39, 0.29) is 23.1 Å². The highest BCUT2D eigenvalue weighted by Crippen LogP contribution is 2.25. The number of aliphatic hydroxyl groups is 1. The predicted octanol–water partition coefficient (Wildman–Crippen LogP) is 0.753. The Labute approximate surface area is 119 Å². The summed E-state index contributed by atoms with van der Waals surface area (Å²) in [4.78, 5) is 0.188. The van der Waals surface area contributed by atoms with E-state index in [2.05, 4.69) is 4.72 Å². The molecule has 0 aliphatic carbocycles. The van der Waals surface area contributed by atoms with Gasteiger partial charge in [0, 0.05) is 31.6 Å². The van der Waals surface area contributed by atoms with Crippen LogP contribution in [0.2, 0.25) is 0 Å². The Morgan fingerprint density at radius 1 is 1.55 bits per heavy atom. The summed E-state index contributed by atoms with van der Waals surface area (Å²) in [6, 6.07) is 1.37. The van der Waals surface area contributed by atoms with E-state index < -0.39 is 10.0 Å². The lowest BCUT2D eigenvalue weighted by molar-refractivity contribution is -0.0599. The summed E-state index contributed by atoms with van der Waals surface area (Å²) in [5, 5.41) is 9.13. The number of nitrogens with one attached hydrogen (secondary N) is 1. The molecule has 1 unspecified atom stereocenters. The molecule has 0 saturated carbocycles. The van der Waals surface area contributed by atoms with Gasteiger partial charge in [-0.2, -0.15) is 0 Å². The fourth-order valence-electron chi connectivity index (χ4n) is 2.50. The van der Waals surface area contributed by atoms with E-state index in [0.717, 1.165) is 0 Å². The first-order valence-corrected chi connectivity index (χ1v) is 8.14. The molecule has 0 amide bonds. The minimum atomic E-state index is -3.56. The summed E-state index contributed by atoms with van der Waals surface area (Å²) in [7, 11) is -1.85. The van der Waals surface area contributed by atoms with Crippen molar-refractivity contribution in [2.24, 2.45) is 7.05 Å². The van der Waals surface area contributed by atoms with Crippen molar-refractivity contribution >= 4 is 10.0 Å². The van der Waals surface area contributed by atoms with E-state index >= 15 is 0 Å². The van der Waals surface area contributed by atoms with Crippen LogP contribution < -0.4 is 4.72 Å². The molecule has 0 spiro atoms. The van der Waals surface area contributed by atoms with Gasteiger partial charge in [-0.15, -0.1) is 0 Å². The molecule has 1 aromatic rings. The first-order chi connectivity index (χ1) is 9.23. The van der Waals surface area contributed by atoms with E-state index in [4.69, 9.17) is 9.84 Å². The fraction of sp³-hybridized carbons (Fsp3) is 0.692. The minimum absolute atomic E-state index is 0.124. The summed E-state index contributed by atoms with van der Waals surface area (Å²) in [5.41, 5.74) is 0.260. The van der Waals surface area contributed by atoms with Crippen LogP contribution in [0.1, 0.15) is 32.4 Å². The molecule has 1 aliphatic rings. The summed E-state index contributed by atoms with van der Waals surface area (Å²) in [6.45, 7) is 4.28. The molecule has 7 heteroatoms. The molecule has 1 aliphatic heterocycles. The third-order valence-electron chi connectivity index (χ3n) is 3.57. The summed E-state index contributed by atoms with van der Waals surface area (Å²) in [6.07, 6.45) is 2.83. The van der Waals surface area contributed by atoms with Crippen molar-refractivity contribution in [1.29, 1.82) is 0 Å². The number of hydrogen-bond donors (Lipinski definition) is 2. The van der Waals surface area contributed by atoms with Crippen molar-refractivity contribution in [2.75, 3.05) is 6.61 Å². The van der Waals surface area contributed by atoms with Gasteiger partial charge >= 0.3 is 0 Å². The third-order valence-corrected chi connectivity index (χ3v) is 5.06. The summed E-state index contributed by atoms with van der Waals surface area (Å²) < 4.78 is 34.6. The standard InChI is InChI=1S/C13H22N2O4S/c1-13(2)7-10(4-5-19-13)14-20(17,18)12-6-11(9-16)15(3)8-12/h6,8,10,14,16H,4-5,7,9H2,1-3H3. The van der Waals surface area contributed by atoms with Gasteiger partial charge in [-0.25, -0.2) is 13.1 Å². The zero-order chi connectivity index (χ0) is 15.0. The Morgan fingerprint density at radius 2 is 2.25 bits per heavy atom. The number of ether oxygens (including phenoxy) is 1. The second-order valence-corrected chi connectivity index (χ2v) is 7.57. The maximum Gasteiger partial charge on any atom is 0.242 e. The summed E-state index contributed by atoms with van der Waals surface area (Å²) >= 11 is 0. The van der Waals surface area contributed by atoms with Crippen molar-refractivity contribution in [3.05, 3.63) is 18.0 Å². The van der Waals surface area contributed by atoms with Gasteiger partial charge in [0.05, 0.1) is 17.1 Å². The highest BCUT2D eigenvalue weighted by atomic mass is 32.2. The lowest BCUT2D eigenvalue weighted by Gasteiger charge is -2.35. The number of nitrogens with zero attached hydrogens (tertiary/aromatic N) is 1. The second kappa shape index (κ2) is 5.48.